The van der Waals surface area contributed by atoms with E-state index in [1.807, 2.05) is 0 Å². The minimum atomic E-state index is -0.956. The first-order valence-electron chi connectivity index (χ1n) is 6.99. The van der Waals surface area contributed by atoms with Gasteiger partial charge in [-0.2, -0.15) is 0 Å². The predicted octanol–water partition coefficient (Wildman–Crippen LogP) is 1.34. The molecule has 4 atom stereocenters. The molecule has 2 aliphatic heterocycles. The highest BCUT2D eigenvalue weighted by molar-refractivity contribution is 5.87. The molecule has 0 aromatic rings. The quantitative estimate of drug-likeness (QED) is 0.539. The smallest absolute Gasteiger partial charge is 0.310 e. The molecule has 5 nitrogen and oxygen atoms in total. The molecule has 1 saturated heterocycles. The number of hydrogen-bond donors (Lipinski definition) is 2. The molecule has 0 aromatic heterocycles. The molecule has 0 aromatic carbocycles. The highest BCUT2D eigenvalue weighted by Gasteiger charge is 2.52. The van der Waals surface area contributed by atoms with E-state index >= 15 is 0 Å². The average Bonchev–Trinajstić information content (AvgIpc) is 2.98. The van der Waals surface area contributed by atoms with E-state index in [1.165, 1.54) is 0 Å². The molecule has 0 unspecified atom stereocenters. The van der Waals surface area contributed by atoms with E-state index in [4.69, 9.17) is 4.74 Å². The minimum absolute atomic E-state index is 0.194. The van der Waals surface area contributed by atoms with Gasteiger partial charge in [0.05, 0.1) is 18.1 Å². The number of carboxylic acids is 1. The number of unbranched alkanes of at least 4 members (excludes halogenated alkanes) is 3. The molecule has 1 fully saturated rings. The van der Waals surface area contributed by atoms with Crippen molar-refractivity contribution in [2.45, 2.75) is 44.8 Å². The first-order valence-corrected chi connectivity index (χ1v) is 6.99. The van der Waals surface area contributed by atoms with Gasteiger partial charge in [-0.15, -0.1) is 0 Å². The number of carbonyl (C=O) groups is 2. The molecule has 5 heteroatoms. The molecule has 0 radical (unpaired) electrons. The Labute approximate surface area is 113 Å². The Morgan fingerprint density at radius 2 is 1.84 bits per heavy atom. The molecule has 0 aliphatic carbocycles. The number of carboxylic acid groups (broad SMARTS) is 1. The van der Waals surface area contributed by atoms with Gasteiger partial charge < -0.3 is 15.2 Å². The van der Waals surface area contributed by atoms with Gasteiger partial charge in [-0.3, -0.25) is 9.59 Å². The summed E-state index contributed by atoms with van der Waals surface area (Å²) in [5.74, 6) is -2.48. The second-order valence-corrected chi connectivity index (χ2v) is 5.19. The summed E-state index contributed by atoms with van der Waals surface area (Å²) in [6, 6.07) is 0. The van der Waals surface area contributed by atoms with E-state index < -0.39 is 23.9 Å². The number of fused-ring (bicyclic) bond motifs is 2. The third-order valence-corrected chi connectivity index (χ3v) is 3.82. The lowest BCUT2D eigenvalue weighted by molar-refractivity contribution is -0.146. The number of carbonyl (C=O) groups excluding carboxylic acids is 1. The van der Waals surface area contributed by atoms with Crippen LogP contribution in [0.2, 0.25) is 0 Å². The number of ether oxygens (including phenoxy) is 1. The molecule has 2 rings (SSSR count). The first-order chi connectivity index (χ1) is 9.15. The molecule has 2 N–H and O–H groups in total. The number of amides is 1. The zero-order valence-corrected chi connectivity index (χ0v) is 11.2. The lowest BCUT2D eigenvalue weighted by Crippen LogP contribution is -2.42. The molecule has 1 amide bonds. The molecule has 2 aliphatic rings. The van der Waals surface area contributed by atoms with Gasteiger partial charge in [-0.1, -0.05) is 38.3 Å². The van der Waals surface area contributed by atoms with E-state index in [0.29, 0.717) is 6.54 Å². The van der Waals surface area contributed by atoms with Gasteiger partial charge >= 0.3 is 5.97 Å². The van der Waals surface area contributed by atoms with E-state index in [1.54, 1.807) is 12.2 Å². The summed E-state index contributed by atoms with van der Waals surface area (Å²) in [6.45, 7) is 2.75. The van der Waals surface area contributed by atoms with Crippen LogP contribution in [0, 0.1) is 11.8 Å². The van der Waals surface area contributed by atoms with Crippen LogP contribution in [0.4, 0.5) is 0 Å². The lowest BCUT2D eigenvalue weighted by atomic mass is 9.82. The molecular formula is C14H21NO4. The van der Waals surface area contributed by atoms with Crippen molar-refractivity contribution >= 4 is 11.9 Å². The zero-order chi connectivity index (χ0) is 13.8. The Bertz CT molecular complexity index is 380. The van der Waals surface area contributed by atoms with Crippen LogP contribution in [0.25, 0.3) is 0 Å². The van der Waals surface area contributed by atoms with Crippen LogP contribution in [0.15, 0.2) is 12.2 Å². The van der Waals surface area contributed by atoms with Crippen LogP contribution >= 0.6 is 0 Å². The molecule has 2 bridgehead atoms. The van der Waals surface area contributed by atoms with E-state index in [9.17, 15) is 14.7 Å². The third-order valence-electron chi connectivity index (χ3n) is 3.82. The van der Waals surface area contributed by atoms with Crippen molar-refractivity contribution in [1.82, 2.24) is 5.32 Å². The van der Waals surface area contributed by atoms with Crippen molar-refractivity contribution in [2.75, 3.05) is 6.54 Å². The summed E-state index contributed by atoms with van der Waals surface area (Å²) in [4.78, 5) is 23.3. The van der Waals surface area contributed by atoms with Crippen LogP contribution < -0.4 is 5.32 Å². The molecular weight excluding hydrogens is 246 g/mol. The lowest BCUT2D eigenvalue weighted by Gasteiger charge is -2.20. The molecule has 0 spiro atoms. The summed E-state index contributed by atoms with van der Waals surface area (Å²) in [5, 5.41) is 12.0. The summed E-state index contributed by atoms with van der Waals surface area (Å²) in [5.41, 5.74) is 0. The number of nitrogens with one attached hydrogen (secondary N) is 1. The van der Waals surface area contributed by atoms with Crippen molar-refractivity contribution < 1.29 is 19.4 Å². The topological polar surface area (TPSA) is 75.6 Å². The van der Waals surface area contributed by atoms with E-state index in [0.717, 1.165) is 25.7 Å². The largest absolute Gasteiger partial charge is 0.481 e. The maximum atomic E-state index is 12.1. The monoisotopic (exact) mass is 267 g/mol. The highest BCUT2D eigenvalue weighted by atomic mass is 16.5. The van der Waals surface area contributed by atoms with Gasteiger partial charge in [-0.05, 0) is 6.42 Å². The second-order valence-electron chi connectivity index (χ2n) is 5.19. The maximum absolute atomic E-state index is 12.1. The highest BCUT2D eigenvalue weighted by Crippen LogP contribution is 2.39. The van der Waals surface area contributed by atoms with E-state index in [-0.39, 0.29) is 12.0 Å². The Morgan fingerprint density at radius 1 is 1.16 bits per heavy atom. The number of aliphatic carboxylic acids is 1. The van der Waals surface area contributed by atoms with Crippen LogP contribution in [0.3, 0.4) is 0 Å². The fourth-order valence-electron chi connectivity index (χ4n) is 2.80. The predicted molar refractivity (Wildman–Crippen MR) is 69.6 cm³/mol. The summed E-state index contributed by atoms with van der Waals surface area (Å²) in [7, 11) is 0. The summed E-state index contributed by atoms with van der Waals surface area (Å²) in [6.07, 6.45) is 7.06. The van der Waals surface area contributed by atoms with Crippen molar-refractivity contribution in [3.05, 3.63) is 12.2 Å². The van der Waals surface area contributed by atoms with Crippen LogP contribution in [-0.2, 0) is 14.3 Å². The van der Waals surface area contributed by atoms with Crippen LogP contribution in [0.1, 0.15) is 32.6 Å². The van der Waals surface area contributed by atoms with Crippen molar-refractivity contribution in [3.63, 3.8) is 0 Å². The average molecular weight is 267 g/mol. The van der Waals surface area contributed by atoms with Crippen LogP contribution in [-0.4, -0.2) is 35.7 Å². The van der Waals surface area contributed by atoms with Gasteiger partial charge in [0.1, 0.15) is 5.92 Å². The Balaban J connectivity index is 1.84. The fraction of sp³-hybridized carbons (Fsp3) is 0.714. The summed E-state index contributed by atoms with van der Waals surface area (Å²) < 4.78 is 5.47. The number of hydrogen-bond acceptors (Lipinski definition) is 3. The maximum Gasteiger partial charge on any atom is 0.310 e. The SMILES string of the molecule is CCCCCCNC(=O)[C@H]1[C@H](C(=O)O)[C@H]2C=C[C@H]1O2. The van der Waals surface area contributed by atoms with Crippen molar-refractivity contribution in [2.24, 2.45) is 11.8 Å². The van der Waals surface area contributed by atoms with E-state index in [2.05, 4.69) is 12.2 Å². The number of rotatable bonds is 7. The first kappa shape index (κ1) is 14.1. The molecule has 0 saturated carbocycles. The molecule has 106 valence electrons. The second kappa shape index (κ2) is 6.19. The minimum Gasteiger partial charge on any atom is -0.481 e. The van der Waals surface area contributed by atoms with Crippen molar-refractivity contribution in [3.8, 4) is 0 Å². The summed E-state index contributed by atoms with van der Waals surface area (Å²) >= 11 is 0. The zero-order valence-electron chi connectivity index (χ0n) is 11.2. The van der Waals surface area contributed by atoms with Gasteiger partial charge in [0.2, 0.25) is 5.91 Å². The van der Waals surface area contributed by atoms with Gasteiger partial charge in [0, 0.05) is 6.54 Å². The standard InChI is InChI=1S/C14H21NO4/c1-2-3-4-5-8-15-13(16)11-9-6-7-10(19-9)12(11)14(17)18/h6-7,9-12H,2-5,8H2,1H3,(H,15,16)(H,17,18)/t9-,10-,11-,12-/m1/s1. The van der Waals surface area contributed by atoms with Gasteiger partial charge in [0.15, 0.2) is 0 Å². The Kier molecular flexibility index (Phi) is 4.58. The normalized spacial score (nSPS) is 31.6. The Hall–Kier alpha value is -1.36. The van der Waals surface area contributed by atoms with Gasteiger partial charge in [-0.25, -0.2) is 0 Å². The van der Waals surface area contributed by atoms with Crippen molar-refractivity contribution in [1.29, 1.82) is 0 Å². The van der Waals surface area contributed by atoms with Crippen LogP contribution in [0.5, 0.6) is 0 Å². The fourth-order valence-corrected chi connectivity index (χ4v) is 2.80. The Morgan fingerprint density at radius 3 is 2.47 bits per heavy atom. The molecule has 2 heterocycles. The molecule has 19 heavy (non-hydrogen) atoms. The van der Waals surface area contributed by atoms with Gasteiger partial charge in [0.25, 0.3) is 0 Å². The third kappa shape index (κ3) is 2.97.